The Kier molecular flexibility index (Phi) is 5.53. The number of hydrogen-bond acceptors (Lipinski definition) is 6. The zero-order valence-corrected chi connectivity index (χ0v) is 19.7. The predicted octanol–water partition coefficient (Wildman–Crippen LogP) is 4.72. The van der Waals surface area contributed by atoms with Crippen molar-refractivity contribution in [1.82, 2.24) is 14.9 Å². The molecule has 0 amide bonds. The van der Waals surface area contributed by atoms with E-state index in [4.69, 9.17) is 16.3 Å². The van der Waals surface area contributed by atoms with Crippen LogP contribution >= 0.6 is 11.6 Å². The van der Waals surface area contributed by atoms with Crippen molar-refractivity contribution >= 4 is 23.4 Å². The zero-order valence-electron chi connectivity index (χ0n) is 18.9. The number of nitrogens with zero attached hydrogens (tertiary/aromatic N) is 3. The first-order valence-corrected chi connectivity index (χ1v) is 12.7. The number of hydrogen-bond donors (Lipinski definition) is 1. The summed E-state index contributed by atoms with van der Waals surface area (Å²) in [5, 5.41) is 4.30. The lowest BCUT2D eigenvalue weighted by molar-refractivity contribution is -0.135. The normalized spacial score (nSPS) is 30.2. The van der Waals surface area contributed by atoms with E-state index in [1.165, 1.54) is 44.1 Å². The zero-order chi connectivity index (χ0) is 22.4. The standard InChI is InChI=1S/C26H31ClN4O2/c27-20-2-1-3-21(9-20)33-24(32)14-31-5-4-22-23(13-31)29-16-30-25(22)28-15-26-10-17-6-18(11-26)8-19(7-17)12-26/h1-3,9,16-19H,4-8,10-15H2,(H,28,29,30). The molecule has 5 aliphatic rings. The van der Waals surface area contributed by atoms with E-state index in [1.54, 1.807) is 30.6 Å². The molecule has 4 bridgehead atoms. The maximum Gasteiger partial charge on any atom is 0.325 e. The van der Waals surface area contributed by atoms with Gasteiger partial charge in [0.2, 0.25) is 0 Å². The quantitative estimate of drug-likeness (QED) is 0.490. The Balaban J connectivity index is 1.08. The van der Waals surface area contributed by atoms with Gasteiger partial charge in [0, 0.05) is 30.2 Å². The molecule has 1 aromatic heterocycles. The van der Waals surface area contributed by atoms with Crippen molar-refractivity contribution in [2.45, 2.75) is 51.5 Å². The van der Waals surface area contributed by atoms with Crippen LogP contribution in [0.25, 0.3) is 0 Å². The number of anilines is 1. The Hall–Kier alpha value is -2.18. The fourth-order valence-corrected chi connectivity index (χ4v) is 7.53. The highest BCUT2D eigenvalue weighted by atomic mass is 35.5. The Labute approximate surface area is 200 Å². The van der Waals surface area contributed by atoms with E-state index in [2.05, 4.69) is 20.2 Å². The van der Waals surface area contributed by atoms with Crippen LogP contribution in [0, 0.1) is 23.2 Å². The number of rotatable bonds is 6. The number of nitrogens with one attached hydrogen (secondary N) is 1. The number of esters is 1. The van der Waals surface area contributed by atoms with Gasteiger partial charge in [-0.15, -0.1) is 0 Å². The second kappa shape index (κ2) is 8.55. The molecule has 2 heterocycles. The molecule has 4 saturated carbocycles. The van der Waals surface area contributed by atoms with Crippen molar-refractivity contribution in [2.75, 3.05) is 25.0 Å². The number of fused-ring (bicyclic) bond motifs is 1. The fraction of sp³-hybridized carbons (Fsp3) is 0.577. The highest BCUT2D eigenvalue weighted by Gasteiger charge is 2.50. The second-order valence-corrected chi connectivity index (χ2v) is 11.2. The summed E-state index contributed by atoms with van der Waals surface area (Å²) >= 11 is 5.98. The number of carbonyl (C=O) groups is 1. The molecule has 6 nitrogen and oxygen atoms in total. The third-order valence-electron chi connectivity index (χ3n) is 8.26. The minimum absolute atomic E-state index is 0.228. The molecule has 1 aromatic carbocycles. The first-order valence-electron chi connectivity index (χ1n) is 12.3. The number of carbonyl (C=O) groups excluding carboxylic acids is 1. The average molecular weight is 467 g/mol. The van der Waals surface area contributed by atoms with Gasteiger partial charge < -0.3 is 10.1 Å². The molecule has 0 saturated heterocycles. The summed E-state index contributed by atoms with van der Waals surface area (Å²) in [4.78, 5) is 23.7. The Morgan fingerprint density at radius 2 is 1.91 bits per heavy atom. The van der Waals surface area contributed by atoms with Gasteiger partial charge in [-0.25, -0.2) is 9.97 Å². The largest absolute Gasteiger partial charge is 0.426 e. The van der Waals surface area contributed by atoms with E-state index >= 15 is 0 Å². The van der Waals surface area contributed by atoms with Crippen molar-refractivity contribution in [1.29, 1.82) is 0 Å². The minimum atomic E-state index is -0.282. The molecule has 2 aromatic rings. The highest BCUT2D eigenvalue weighted by Crippen LogP contribution is 2.59. The maximum absolute atomic E-state index is 12.4. The highest BCUT2D eigenvalue weighted by molar-refractivity contribution is 6.30. The van der Waals surface area contributed by atoms with Gasteiger partial charge in [0.15, 0.2) is 0 Å². The van der Waals surface area contributed by atoms with Gasteiger partial charge in [0.25, 0.3) is 0 Å². The lowest BCUT2D eigenvalue weighted by atomic mass is 9.49. The van der Waals surface area contributed by atoms with Gasteiger partial charge in [-0.2, -0.15) is 0 Å². The average Bonchev–Trinajstić information content (AvgIpc) is 2.76. The van der Waals surface area contributed by atoms with Crippen LogP contribution < -0.4 is 10.1 Å². The van der Waals surface area contributed by atoms with Gasteiger partial charge in [-0.05, 0) is 86.3 Å². The first kappa shape index (κ1) is 21.4. The summed E-state index contributed by atoms with van der Waals surface area (Å²) in [6.45, 7) is 2.69. The molecule has 33 heavy (non-hydrogen) atoms. The summed E-state index contributed by atoms with van der Waals surface area (Å²) in [5.41, 5.74) is 2.69. The van der Waals surface area contributed by atoms with E-state index in [9.17, 15) is 4.79 Å². The summed E-state index contributed by atoms with van der Waals surface area (Å²) in [5.74, 6) is 4.06. The van der Waals surface area contributed by atoms with Crippen LogP contribution in [-0.2, 0) is 17.8 Å². The van der Waals surface area contributed by atoms with Gasteiger partial charge in [0.1, 0.15) is 17.9 Å². The number of aromatic nitrogens is 2. The minimum Gasteiger partial charge on any atom is -0.426 e. The smallest absolute Gasteiger partial charge is 0.325 e. The first-order chi connectivity index (χ1) is 16.0. The van der Waals surface area contributed by atoms with Gasteiger partial charge in [-0.1, -0.05) is 17.7 Å². The Bertz CT molecular complexity index is 1020. The molecule has 0 spiro atoms. The summed E-state index contributed by atoms with van der Waals surface area (Å²) in [6.07, 6.45) is 11.1. The number of benzene rings is 1. The molecule has 4 fully saturated rings. The molecule has 0 radical (unpaired) electrons. The third kappa shape index (κ3) is 4.47. The van der Waals surface area contributed by atoms with E-state index in [-0.39, 0.29) is 12.5 Å². The second-order valence-electron chi connectivity index (χ2n) is 10.8. The Morgan fingerprint density at radius 3 is 2.64 bits per heavy atom. The van der Waals surface area contributed by atoms with Crippen LogP contribution in [0.3, 0.4) is 0 Å². The van der Waals surface area contributed by atoms with E-state index in [0.29, 0.717) is 22.7 Å². The van der Waals surface area contributed by atoms with Crippen LogP contribution in [0.5, 0.6) is 5.75 Å². The monoisotopic (exact) mass is 466 g/mol. The van der Waals surface area contributed by atoms with Crippen molar-refractivity contribution in [3.8, 4) is 5.75 Å². The van der Waals surface area contributed by atoms with Gasteiger partial charge in [0.05, 0.1) is 12.2 Å². The summed E-state index contributed by atoms with van der Waals surface area (Å²) < 4.78 is 5.46. The van der Waals surface area contributed by atoms with Crippen LogP contribution in [-0.4, -0.2) is 40.5 Å². The fourth-order valence-electron chi connectivity index (χ4n) is 7.35. The van der Waals surface area contributed by atoms with Crippen LogP contribution in [0.4, 0.5) is 5.82 Å². The van der Waals surface area contributed by atoms with E-state index in [1.807, 2.05) is 0 Å². The summed E-state index contributed by atoms with van der Waals surface area (Å²) in [7, 11) is 0. The molecular weight excluding hydrogens is 436 g/mol. The maximum atomic E-state index is 12.4. The molecule has 1 aliphatic heterocycles. The molecular formula is C26H31ClN4O2. The van der Waals surface area contributed by atoms with Gasteiger partial charge in [-0.3, -0.25) is 9.69 Å². The number of halogens is 1. The topological polar surface area (TPSA) is 67.4 Å². The molecule has 0 unspecified atom stereocenters. The van der Waals surface area contributed by atoms with Gasteiger partial charge >= 0.3 is 5.97 Å². The van der Waals surface area contributed by atoms with E-state index < -0.39 is 0 Å². The molecule has 0 atom stereocenters. The molecule has 174 valence electrons. The molecule has 7 heteroatoms. The third-order valence-corrected chi connectivity index (χ3v) is 8.50. The van der Waals surface area contributed by atoms with Crippen LogP contribution in [0.2, 0.25) is 5.02 Å². The molecule has 7 rings (SSSR count). The predicted molar refractivity (Wildman–Crippen MR) is 127 cm³/mol. The lowest BCUT2D eigenvalue weighted by Gasteiger charge is -2.57. The van der Waals surface area contributed by atoms with Crippen LogP contribution in [0.15, 0.2) is 30.6 Å². The van der Waals surface area contributed by atoms with Crippen molar-refractivity contribution in [3.05, 3.63) is 46.9 Å². The number of ether oxygens (including phenoxy) is 1. The van der Waals surface area contributed by atoms with E-state index in [0.717, 1.165) is 48.8 Å². The molecule has 1 N–H and O–H groups in total. The van der Waals surface area contributed by atoms with Crippen molar-refractivity contribution in [2.24, 2.45) is 23.2 Å². The lowest BCUT2D eigenvalue weighted by Crippen LogP contribution is -2.49. The summed E-state index contributed by atoms with van der Waals surface area (Å²) in [6, 6.07) is 6.93. The van der Waals surface area contributed by atoms with Crippen molar-refractivity contribution < 1.29 is 9.53 Å². The molecule has 4 aliphatic carbocycles. The Morgan fingerprint density at radius 1 is 1.15 bits per heavy atom. The van der Waals surface area contributed by atoms with Crippen LogP contribution in [0.1, 0.15) is 49.8 Å². The SMILES string of the molecule is O=C(CN1CCc2c(ncnc2NCC23CC4CC(CC(C4)C2)C3)C1)Oc1cccc(Cl)c1. The van der Waals surface area contributed by atoms with Crippen molar-refractivity contribution in [3.63, 3.8) is 0 Å².